The van der Waals surface area contributed by atoms with E-state index in [0.717, 1.165) is 76.7 Å². The van der Waals surface area contributed by atoms with E-state index in [4.69, 9.17) is 37.8 Å². The van der Waals surface area contributed by atoms with E-state index in [1.54, 1.807) is 31.9 Å². The Labute approximate surface area is 422 Å². The van der Waals surface area contributed by atoms with Gasteiger partial charge in [-0.15, -0.1) is 0 Å². The van der Waals surface area contributed by atoms with Crippen molar-refractivity contribution in [1.29, 1.82) is 0 Å². The maximum Gasteiger partial charge on any atom is 1.00 e. The van der Waals surface area contributed by atoms with Crippen molar-refractivity contribution >= 4 is 73.6 Å². The molecule has 0 bridgehead atoms. The summed E-state index contributed by atoms with van der Waals surface area (Å²) in [5.74, 6) is 2.26. The van der Waals surface area contributed by atoms with E-state index in [1.807, 2.05) is 81.4 Å². The van der Waals surface area contributed by atoms with E-state index in [2.05, 4.69) is 69.9 Å². The average molecular weight is 984 g/mol. The first kappa shape index (κ1) is 58.8. The standard InChI is InChI=1S/C15H15N5O.C9H7ClN2.C6H9N3O.C5H5N3O3.C4H2ClN3O2.CH3O.CH4.Na/c1-10-18-13-7-5-4-6-12(13)14(19-10)20(2)11-8-16-15(21-3)17-9-11;1-6-11-8-5-3-2-4-7(8)9(10)12-6;1-7-5-3-8-6(10-2)9-4-5;1-11-5-6-2-4(3-7-5)8(9)10;5-4-6-1-3(2-7-4)8(9)10;1-2;;/h4-9H,1-3H3;2-5H,1H3;3-4,7H,1-2H3;2-3H,1H3;1-2H;1H3;1H4;/q;;;;;-1;;+1. The molecule has 0 saturated carbocycles. The Bertz CT molecular complexity index is 2730. The predicted octanol–water partition coefficient (Wildman–Crippen LogP) is 3.67. The summed E-state index contributed by atoms with van der Waals surface area (Å²) in [5.41, 5.74) is 3.21. The molecule has 0 aliphatic rings. The molecule has 0 aliphatic carbocycles. The normalized spacial score (nSPS) is 9.40. The minimum atomic E-state index is -0.587. The van der Waals surface area contributed by atoms with E-state index in [1.165, 1.54) is 14.2 Å². The van der Waals surface area contributed by atoms with Gasteiger partial charge < -0.3 is 29.5 Å². The Hall–Kier alpha value is -7.22. The van der Waals surface area contributed by atoms with Crippen LogP contribution in [0.15, 0.2) is 98.1 Å². The molecule has 0 aliphatic heterocycles. The summed E-state index contributed by atoms with van der Waals surface area (Å²) < 4.78 is 14.3. The molecule has 1 N–H and O–H groups in total. The van der Waals surface area contributed by atoms with Crippen LogP contribution in [0.3, 0.4) is 0 Å². The third-order valence-corrected chi connectivity index (χ3v) is 8.27. The number of fused-ring (bicyclic) bond motifs is 2. The zero-order valence-corrected chi connectivity index (χ0v) is 41.0. The zero-order valence-electron chi connectivity index (χ0n) is 37.5. The van der Waals surface area contributed by atoms with E-state index >= 15 is 0 Å². The zero-order chi connectivity index (χ0) is 48.6. The summed E-state index contributed by atoms with van der Waals surface area (Å²) in [5, 5.41) is 33.7. The van der Waals surface area contributed by atoms with Crippen LogP contribution >= 0.6 is 23.2 Å². The van der Waals surface area contributed by atoms with Crippen LogP contribution in [0.25, 0.3) is 21.8 Å². The minimum absolute atomic E-state index is 0. The number of aromatic nitrogens is 12. The van der Waals surface area contributed by atoms with Crippen LogP contribution in [-0.4, -0.2) is 112 Å². The van der Waals surface area contributed by atoms with Gasteiger partial charge in [-0.3, -0.25) is 20.2 Å². The number of rotatable bonds is 8. The number of anilines is 3. The Morgan fingerprint density at radius 2 is 0.971 bits per heavy atom. The van der Waals surface area contributed by atoms with Crippen LogP contribution in [0.4, 0.5) is 28.6 Å². The van der Waals surface area contributed by atoms with Gasteiger partial charge in [0.05, 0.1) is 78.4 Å². The van der Waals surface area contributed by atoms with Gasteiger partial charge in [0.2, 0.25) is 5.28 Å². The monoisotopic (exact) mass is 982 g/mol. The van der Waals surface area contributed by atoms with E-state index in [0.29, 0.717) is 23.0 Å². The van der Waals surface area contributed by atoms with Gasteiger partial charge in [0, 0.05) is 24.9 Å². The summed E-state index contributed by atoms with van der Waals surface area (Å²) in [6.07, 6.45) is 11.0. The average Bonchev–Trinajstić information content (AvgIpc) is 3.35. The van der Waals surface area contributed by atoms with Crippen molar-refractivity contribution in [1.82, 2.24) is 59.8 Å². The number of hydrogen-bond acceptors (Lipinski definition) is 22. The molecule has 0 unspecified atom stereocenters. The number of benzene rings is 2. The summed E-state index contributed by atoms with van der Waals surface area (Å²) in [4.78, 5) is 68.1. The molecule has 68 heavy (non-hydrogen) atoms. The third kappa shape index (κ3) is 18.6. The van der Waals surface area contributed by atoms with Crippen LogP contribution in [-0.2, 0) is 0 Å². The Kier molecular flexibility index (Phi) is 26.7. The molecule has 0 radical (unpaired) electrons. The van der Waals surface area contributed by atoms with Crippen LogP contribution in [0.2, 0.25) is 10.4 Å². The fourth-order valence-corrected chi connectivity index (χ4v) is 5.13. The molecule has 6 aromatic heterocycles. The number of hydrogen-bond donors (Lipinski definition) is 1. The van der Waals surface area contributed by atoms with E-state index in [9.17, 15) is 20.2 Å². The summed E-state index contributed by atoms with van der Waals surface area (Å²) in [6.45, 7) is 3.71. The van der Waals surface area contributed by atoms with Gasteiger partial charge in [0.25, 0.3) is 0 Å². The first-order chi connectivity index (χ1) is 31.8. The molecule has 6 heterocycles. The topological polar surface area (TPSA) is 307 Å². The van der Waals surface area contributed by atoms with Crippen LogP contribution in [0.1, 0.15) is 19.1 Å². The fraction of sp³-hybridized carbons (Fsp3) is 0.220. The maximum atomic E-state index is 10.1. The van der Waals surface area contributed by atoms with Crippen LogP contribution in [0.5, 0.6) is 18.0 Å². The summed E-state index contributed by atoms with van der Waals surface area (Å²) in [7, 11) is 8.96. The largest absolute Gasteiger partial charge is 1.00 e. The summed E-state index contributed by atoms with van der Waals surface area (Å²) in [6, 6.07) is 16.5. The number of ether oxygens (including phenoxy) is 3. The molecule has 24 nitrogen and oxygen atoms in total. The number of aryl methyl sites for hydroxylation is 2. The van der Waals surface area contributed by atoms with Gasteiger partial charge in [-0.05, 0) is 49.7 Å². The molecular weight excluding hydrogens is 938 g/mol. The SMILES string of the molecule is C.CNc1cnc(OC)nc1.COc1ncc(N(C)c2nc(C)nc3ccccc23)cn1.COc1ncc([N+](=O)[O-])cn1.C[O-].Cc1nc(Cl)c2ccccc2n1.O=[N+]([O-])c1cnc(Cl)nc1.[Na+]. The second-order valence-electron chi connectivity index (χ2n) is 12.0. The molecule has 352 valence electrons. The van der Waals surface area contributed by atoms with Crippen molar-refractivity contribution in [3.8, 4) is 18.0 Å². The molecule has 0 amide bonds. The Morgan fingerprint density at radius 1 is 0.588 bits per heavy atom. The molecule has 2 aromatic carbocycles. The maximum absolute atomic E-state index is 10.1. The number of nitrogens with zero attached hydrogens (tertiary/aromatic N) is 15. The van der Waals surface area contributed by atoms with Gasteiger partial charge in [0.1, 0.15) is 47.4 Å². The number of halogens is 2. The van der Waals surface area contributed by atoms with Crippen molar-refractivity contribution in [3.63, 3.8) is 0 Å². The van der Waals surface area contributed by atoms with Crippen molar-refractivity contribution in [3.05, 3.63) is 140 Å². The fourth-order valence-electron chi connectivity index (χ4n) is 4.75. The van der Waals surface area contributed by atoms with Crippen molar-refractivity contribution in [2.24, 2.45) is 0 Å². The second kappa shape index (κ2) is 30.9. The Balaban J connectivity index is 0.000000433. The molecule has 0 atom stereocenters. The van der Waals surface area contributed by atoms with Gasteiger partial charge in [-0.1, -0.05) is 43.3 Å². The van der Waals surface area contributed by atoms with Gasteiger partial charge in [-0.25, -0.2) is 49.8 Å². The first-order valence-corrected chi connectivity index (χ1v) is 19.3. The number of nitrogens with one attached hydrogen (secondary N) is 1. The third-order valence-electron chi connectivity index (χ3n) is 7.79. The van der Waals surface area contributed by atoms with Crippen molar-refractivity contribution in [2.75, 3.05) is 52.8 Å². The van der Waals surface area contributed by atoms with Crippen LogP contribution < -0.4 is 59.1 Å². The van der Waals surface area contributed by atoms with E-state index < -0.39 is 9.85 Å². The first-order valence-electron chi connectivity index (χ1n) is 18.6. The quantitative estimate of drug-likeness (QED) is 0.0746. The Morgan fingerprint density at radius 3 is 1.41 bits per heavy atom. The molecule has 8 aromatic rings. The van der Waals surface area contributed by atoms with Crippen LogP contribution in [0, 0.1) is 34.1 Å². The minimum Gasteiger partial charge on any atom is -0.857 e. The van der Waals surface area contributed by atoms with Gasteiger partial charge >= 0.3 is 59.0 Å². The molecule has 8 rings (SSSR count). The molecule has 0 fully saturated rings. The second-order valence-corrected chi connectivity index (χ2v) is 12.7. The number of methoxy groups -OCH3 is 3. The van der Waals surface area contributed by atoms with Crippen molar-refractivity contribution in [2.45, 2.75) is 21.3 Å². The predicted molar refractivity (Wildman–Crippen MR) is 250 cm³/mol. The van der Waals surface area contributed by atoms with Crippen molar-refractivity contribution < 1.29 is 58.7 Å². The molecule has 0 saturated heterocycles. The van der Waals surface area contributed by atoms with Gasteiger partial charge in [-0.2, -0.15) is 17.1 Å². The number of nitro groups is 2. The summed E-state index contributed by atoms with van der Waals surface area (Å²) >= 11 is 11.2. The number of para-hydroxylation sites is 2. The molecular formula is C41H45Cl2N16NaO8. The molecule has 27 heteroatoms. The van der Waals surface area contributed by atoms with Gasteiger partial charge in [0.15, 0.2) is 0 Å². The van der Waals surface area contributed by atoms with E-state index in [-0.39, 0.29) is 59.7 Å². The smallest absolute Gasteiger partial charge is 0.857 e. The molecule has 0 spiro atoms.